The van der Waals surface area contributed by atoms with Crippen molar-refractivity contribution in [1.29, 1.82) is 0 Å². The van der Waals surface area contributed by atoms with E-state index < -0.39 is 17.8 Å². The molecule has 0 unspecified atom stereocenters. The first-order chi connectivity index (χ1) is 14.9. The molecule has 0 aliphatic heterocycles. The Morgan fingerprint density at radius 3 is 2.45 bits per heavy atom. The van der Waals surface area contributed by atoms with E-state index in [9.17, 15) is 14.0 Å². The van der Waals surface area contributed by atoms with Crippen LogP contribution in [-0.4, -0.2) is 24.2 Å². The van der Waals surface area contributed by atoms with E-state index in [4.69, 9.17) is 26.2 Å². The van der Waals surface area contributed by atoms with Gasteiger partial charge in [-0.25, -0.2) is 14.0 Å². The summed E-state index contributed by atoms with van der Waals surface area (Å²) in [6.07, 6.45) is 0. The van der Waals surface area contributed by atoms with Crippen molar-refractivity contribution in [2.45, 2.75) is 6.54 Å². The van der Waals surface area contributed by atoms with Crippen LogP contribution in [0.2, 0.25) is 5.02 Å². The fraction of sp³-hybridized carbons (Fsp3) is 0.0909. The Hall–Kier alpha value is -3.78. The van der Waals surface area contributed by atoms with Crippen molar-refractivity contribution in [2.75, 3.05) is 7.11 Å². The van der Waals surface area contributed by atoms with Crippen LogP contribution >= 0.6 is 11.6 Å². The molecule has 9 heteroatoms. The van der Waals surface area contributed by atoms with Crippen LogP contribution in [0.1, 0.15) is 26.3 Å². The quantitative estimate of drug-likeness (QED) is 0.288. The number of carbonyl (C=O) groups excluding carboxylic acids is 1. The highest BCUT2D eigenvalue weighted by Crippen LogP contribution is 2.29. The van der Waals surface area contributed by atoms with E-state index in [1.54, 1.807) is 24.3 Å². The SMILES string of the molecule is COc1cc(CN=Nc2ccc(Cl)c(C(=O)O)c2)ccc1OC(=O)c1ccc(F)cc1. The van der Waals surface area contributed by atoms with E-state index in [-0.39, 0.29) is 28.4 Å². The molecule has 158 valence electrons. The zero-order valence-electron chi connectivity index (χ0n) is 16.2. The predicted molar refractivity (Wildman–Crippen MR) is 111 cm³/mol. The summed E-state index contributed by atoms with van der Waals surface area (Å²) in [6, 6.07) is 14.2. The molecule has 0 atom stereocenters. The van der Waals surface area contributed by atoms with E-state index >= 15 is 0 Å². The monoisotopic (exact) mass is 442 g/mol. The largest absolute Gasteiger partial charge is 0.493 e. The first kappa shape index (κ1) is 21.9. The molecule has 0 spiro atoms. The van der Waals surface area contributed by atoms with Crippen LogP contribution in [0.5, 0.6) is 11.5 Å². The molecule has 0 aliphatic carbocycles. The summed E-state index contributed by atoms with van der Waals surface area (Å²) in [5, 5.41) is 17.3. The van der Waals surface area contributed by atoms with E-state index in [2.05, 4.69) is 10.2 Å². The lowest BCUT2D eigenvalue weighted by molar-refractivity contribution is 0.0694. The Kier molecular flexibility index (Phi) is 6.94. The molecule has 0 amide bonds. The minimum absolute atomic E-state index is 0.0629. The fourth-order valence-corrected chi connectivity index (χ4v) is 2.78. The van der Waals surface area contributed by atoms with E-state index in [1.165, 1.54) is 43.5 Å². The van der Waals surface area contributed by atoms with Gasteiger partial charge >= 0.3 is 11.9 Å². The van der Waals surface area contributed by atoms with Crippen molar-refractivity contribution >= 4 is 29.2 Å². The lowest BCUT2D eigenvalue weighted by Gasteiger charge is -2.10. The van der Waals surface area contributed by atoms with Crippen molar-refractivity contribution in [2.24, 2.45) is 10.2 Å². The van der Waals surface area contributed by atoms with Crippen LogP contribution in [-0.2, 0) is 6.54 Å². The zero-order chi connectivity index (χ0) is 22.4. The average Bonchev–Trinajstić information content (AvgIpc) is 2.76. The van der Waals surface area contributed by atoms with Crippen LogP contribution in [0.3, 0.4) is 0 Å². The fourth-order valence-electron chi connectivity index (χ4n) is 2.58. The van der Waals surface area contributed by atoms with Crippen LogP contribution in [0.15, 0.2) is 70.9 Å². The number of aromatic carboxylic acids is 1. The summed E-state index contributed by atoms with van der Waals surface area (Å²) in [5.74, 6) is -1.75. The summed E-state index contributed by atoms with van der Waals surface area (Å²) >= 11 is 5.83. The number of carbonyl (C=O) groups is 2. The van der Waals surface area contributed by atoms with E-state index in [0.717, 1.165) is 5.56 Å². The second-order valence-corrected chi connectivity index (χ2v) is 6.66. The number of azo groups is 1. The maximum Gasteiger partial charge on any atom is 0.343 e. The van der Waals surface area contributed by atoms with Crippen molar-refractivity contribution in [3.8, 4) is 11.5 Å². The first-order valence-electron chi connectivity index (χ1n) is 8.92. The molecule has 0 bridgehead atoms. The molecule has 0 aliphatic rings. The van der Waals surface area contributed by atoms with Crippen LogP contribution in [0.25, 0.3) is 0 Å². The second kappa shape index (κ2) is 9.82. The molecule has 1 N–H and O–H groups in total. The molecule has 0 fully saturated rings. The van der Waals surface area contributed by atoms with Gasteiger partial charge in [0.15, 0.2) is 11.5 Å². The second-order valence-electron chi connectivity index (χ2n) is 6.25. The third-order valence-electron chi connectivity index (χ3n) is 4.13. The number of hydrogen-bond acceptors (Lipinski definition) is 6. The Morgan fingerprint density at radius 1 is 1.03 bits per heavy atom. The highest BCUT2D eigenvalue weighted by Gasteiger charge is 2.13. The minimum Gasteiger partial charge on any atom is -0.493 e. The maximum atomic E-state index is 13.0. The summed E-state index contributed by atoms with van der Waals surface area (Å²) in [5.41, 5.74) is 1.20. The summed E-state index contributed by atoms with van der Waals surface area (Å²) in [6.45, 7) is 0.174. The first-order valence-corrected chi connectivity index (χ1v) is 9.30. The summed E-state index contributed by atoms with van der Waals surface area (Å²) < 4.78 is 23.6. The van der Waals surface area contributed by atoms with Gasteiger partial charge in [-0.3, -0.25) is 0 Å². The molecule has 0 saturated heterocycles. The Morgan fingerprint density at radius 2 is 1.77 bits per heavy atom. The van der Waals surface area contributed by atoms with Gasteiger partial charge in [0.2, 0.25) is 0 Å². The third-order valence-corrected chi connectivity index (χ3v) is 4.46. The van der Waals surface area contributed by atoms with Gasteiger partial charge in [0.25, 0.3) is 0 Å². The molecule has 0 aromatic heterocycles. The molecule has 3 rings (SSSR count). The number of ether oxygens (including phenoxy) is 2. The highest BCUT2D eigenvalue weighted by molar-refractivity contribution is 6.33. The third kappa shape index (κ3) is 5.64. The van der Waals surface area contributed by atoms with Crippen LogP contribution in [0, 0.1) is 5.82 Å². The molecule has 3 aromatic carbocycles. The van der Waals surface area contributed by atoms with Crippen molar-refractivity contribution in [3.05, 3.63) is 88.2 Å². The maximum absolute atomic E-state index is 13.0. The molecule has 0 radical (unpaired) electrons. The molecule has 0 heterocycles. The predicted octanol–water partition coefficient (Wildman–Crippen LogP) is 5.69. The molecule has 0 saturated carbocycles. The standard InChI is InChI=1S/C22H16ClFN2O5/c1-30-20-10-13(12-25-26-16-7-8-18(23)17(11-16)21(27)28)2-9-19(20)31-22(29)14-3-5-15(24)6-4-14/h2-11H,12H2,1H3,(H,27,28). The number of halogens is 2. The summed E-state index contributed by atoms with van der Waals surface area (Å²) in [4.78, 5) is 23.4. The molecular weight excluding hydrogens is 427 g/mol. The average molecular weight is 443 g/mol. The summed E-state index contributed by atoms with van der Waals surface area (Å²) in [7, 11) is 1.43. The Bertz CT molecular complexity index is 1150. The van der Waals surface area contributed by atoms with Gasteiger partial charge in [-0.1, -0.05) is 17.7 Å². The van der Waals surface area contributed by atoms with Gasteiger partial charge in [-0.15, -0.1) is 0 Å². The number of carboxylic acids is 1. The van der Waals surface area contributed by atoms with E-state index in [0.29, 0.717) is 11.4 Å². The number of esters is 1. The van der Waals surface area contributed by atoms with Crippen LogP contribution in [0.4, 0.5) is 10.1 Å². The smallest absolute Gasteiger partial charge is 0.343 e. The number of benzene rings is 3. The van der Waals surface area contributed by atoms with Gasteiger partial charge in [0, 0.05) is 0 Å². The van der Waals surface area contributed by atoms with Crippen molar-refractivity contribution in [3.63, 3.8) is 0 Å². The van der Waals surface area contributed by atoms with Gasteiger partial charge in [0.05, 0.1) is 35.5 Å². The Balaban J connectivity index is 1.70. The number of nitrogens with zero attached hydrogens (tertiary/aromatic N) is 2. The topological polar surface area (TPSA) is 97.6 Å². The van der Waals surface area contributed by atoms with Crippen molar-refractivity contribution < 1.29 is 28.6 Å². The molecule has 7 nitrogen and oxygen atoms in total. The van der Waals surface area contributed by atoms with E-state index in [1.807, 2.05) is 0 Å². The number of rotatable bonds is 7. The minimum atomic E-state index is -1.16. The normalized spacial score (nSPS) is 10.8. The Labute approximate surface area is 181 Å². The van der Waals surface area contributed by atoms with Gasteiger partial charge in [-0.05, 0) is 60.2 Å². The molecule has 3 aromatic rings. The molecular formula is C22H16ClFN2O5. The lowest BCUT2D eigenvalue weighted by Crippen LogP contribution is -2.09. The number of methoxy groups -OCH3 is 1. The number of hydrogen-bond donors (Lipinski definition) is 1. The highest BCUT2D eigenvalue weighted by atomic mass is 35.5. The van der Waals surface area contributed by atoms with Gasteiger partial charge in [-0.2, -0.15) is 10.2 Å². The molecule has 31 heavy (non-hydrogen) atoms. The van der Waals surface area contributed by atoms with Gasteiger partial charge in [0.1, 0.15) is 5.82 Å². The lowest BCUT2D eigenvalue weighted by atomic mass is 10.2. The zero-order valence-corrected chi connectivity index (χ0v) is 17.0. The van der Waals surface area contributed by atoms with Gasteiger partial charge < -0.3 is 14.6 Å². The van der Waals surface area contributed by atoms with Crippen LogP contribution < -0.4 is 9.47 Å². The number of carboxylic acid groups (broad SMARTS) is 1. The van der Waals surface area contributed by atoms with Crippen molar-refractivity contribution in [1.82, 2.24) is 0 Å².